The summed E-state index contributed by atoms with van der Waals surface area (Å²) in [5, 5.41) is 0. The predicted molar refractivity (Wildman–Crippen MR) is 109 cm³/mol. The van der Waals surface area contributed by atoms with Crippen LogP contribution >= 0.6 is 0 Å². The van der Waals surface area contributed by atoms with Gasteiger partial charge in [0.2, 0.25) is 5.91 Å². The van der Waals surface area contributed by atoms with Crippen LogP contribution in [0, 0.1) is 6.92 Å². The molecule has 2 heterocycles. The van der Waals surface area contributed by atoms with Gasteiger partial charge in [-0.3, -0.25) is 4.79 Å². The normalized spacial score (nSPS) is 19.3. The Hall–Kier alpha value is -2.24. The van der Waals surface area contributed by atoms with Gasteiger partial charge in [0.1, 0.15) is 18.0 Å². The average molecular weight is 389 g/mol. The van der Waals surface area contributed by atoms with Gasteiger partial charge in [-0.2, -0.15) is 0 Å². The van der Waals surface area contributed by atoms with Crippen LogP contribution in [0.4, 0.5) is 10.5 Å². The largest absolute Gasteiger partial charge is 0.490 e. The smallest absolute Gasteiger partial charge is 0.410 e. The highest BCUT2D eigenvalue weighted by atomic mass is 16.6. The van der Waals surface area contributed by atoms with Crippen molar-refractivity contribution in [1.82, 2.24) is 4.90 Å². The predicted octanol–water partition coefficient (Wildman–Crippen LogP) is 4.03. The molecule has 0 fully saturated rings. The third kappa shape index (κ3) is 3.96. The fourth-order valence-corrected chi connectivity index (χ4v) is 4.26. The zero-order valence-corrected chi connectivity index (χ0v) is 17.9. The Balaban J connectivity index is 1.95. The summed E-state index contributed by atoms with van der Waals surface area (Å²) in [6, 6.07) is 2.07. The average Bonchev–Trinajstić information content (AvgIpc) is 2.78. The molecular weight excluding hydrogens is 356 g/mol. The number of hydrogen-bond donors (Lipinski definition) is 0. The summed E-state index contributed by atoms with van der Waals surface area (Å²) >= 11 is 0. The summed E-state index contributed by atoms with van der Waals surface area (Å²) < 4.78 is 11.5. The lowest BCUT2D eigenvalue weighted by Gasteiger charge is -2.33. The van der Waals surface area contributed by atoms with Gasteiger partial charge in [-0.05, 0) is 62.8 Å². The summed E-state index contributed by atoms with van der Waals surface area (Å²) in [5.74, 6) is 1.04. The van der Waals surface area contributed by atoms with Gasteiger partial charge in [0.05, 0.1) is 12.2 Å². The SMILES string of the molecule is CCC(=O)N1CCOc2cc3c(c(C)c21)C(C)CN(C(=O)OC(C)(C)C)CC3. The Morgan fingerprint density at radius 1 is 1.29 bits per heavy atom. The monoisotopic (exact) mass is 388 g/mol. The minimum Gasteiger partial charge on any atom is -0.490 e. The van der Waals surface area contributed by atoms with Gasteiger partial charge < -0.3 is 19.3 Å². The molecule has 0 bridgehead atoms. The van der Waals surface area contributed by atoms with E-state index < -0.39 is 5.60 Å². The molecular formula is C22H32N2O4. The van der Waals surface area contributed by atoms with Crippen molar-refractivity contribution in [3.63, 3.8) is 0 Å². The maximum absolute atomic E-state index is 12.6. The van der Waals surface area contributed by atoms with Crippen LogP contribution in [0.15, 0.2) is 6.07 Å². The van der Waals surface area contributed by atoms with Gasteiger partial charge in [-0.1, -0.05) is 13.8 Å². The van der Waals surface area contributed by atoms with Gasteiger partial charge in [0.25, 0.3) is 0 Å². The molecule has 6 heteroatoms. The summed E-state index contributed by atoms with van der Waals surface area (Å²) in [4.78, 5) is 28.7. The second-order valence-electron chi connectivity index (χ2n) is 8.75. The van der Waals surface area contributed by atoms with Crippen LogP contribution in [-0.4, -0.2) is 48.7 Å². The van der Waals surface area contributed by atoms with Crippen LogP contribution in [-0.2, 0) is 16.0 Å². The number of fused-ring (bicyclic) bond motifs is 2. The summed E-state index contributed by atoms with van der Waals surface area (Å²) in [5.41, 5.74) is 3.90. The third-order valence-corrected chi connectivity index (χ3v) is 5.38. The van der Waals surface area contributed by atoms with Gasteiger partial charge in [0, 0.05) is 19.5 Å². The fourth-order valence-electron chi connectivity index (χ4n) is 4.26. The highest BCUT2D eigenvalue weighted by molar-refractivity contribution is 5.96. The molecule has 1 unspecified atom stereocenters. The first-order valence-corrected chi connectivity index (χ1v) is 10.2. The zero-order chi connectivity index (χ0) is 20.6. The molecule has 0 saturated carbocycles. The third-order valence-electron chi connectivity index (χ3n) is 5.38. The molecule has 2 amide bonds. The van der Waals surface area contributed by atoms with E-state index in [1.165, 1.54) is 11.1 Å². The van der Waals surface area contributed by atoms with Crippen LogP contribution in [0.1, 0.15) is 63.6 Å². The van der Waals surface area contributed by atoms with Crippen molar-refractivity contribution < 1.29 is 19.1 Å². The molecule has 28 heavy (non-hydrogen) atoms. The van der Waals surface area contributed by atoms with E-state index in [4.69, 9.17) is 9.47 Å². The summed E-state index contributed by atoms with van der Waals surface area (Å²) in [6.07, 6.45) is 0.949. The maximum atomic E-state index is 12.6. The number of carbonyl (C=O) groups excluding carboxylic acids is 2. The van der Waals surface area contributed by atoms with Crippen LogP contribution in [0.5, 0.6) is 5.75 Å². The molecule has 0 saturated heterocycles. The molecule has 1 atom stereocenters. The first kappa shape index (κ1) is 20.5. The Morgan fingerprint density at radius 3 is 2.64 bits per heavy atom. The number of amides is 2. The molecule has 0 aliphatic carbocycles. The van der Waals surface area contributed by atoms with Crippen molar-refractivity contribution in [3.05, 3.63) is 22.8 Å². The molecule has 1 aromatic rings. The fraction of sp³-hybridized carbons (Fsp3) is 0.636. The molecule has 0 spiro atoms. The van der Waals surface area contributed by atoms with E-state index in [9.17, 15) is 9.59 Å². The van der Waals surface area contributed by atoms with Crippen LogP contribution in [0.25, 0.3) is 0 Å². The highest BCUT2D eigenvalue weighted by Gasteiger charge is 2.32. The summed E-state index contributed by atoms with van der Waals surface area (Å²) in [6.45, 7) is 14.1. The van der Waals surface area contributed by atoms with Crippen LogP contribution in [0.2, 0.25) is 0 Å². The van der Waals surface area contributed by atoms with Crippen molar-refractivity contribution in [1.29, 1.82) is 0 Å². The minimum absolute atomic E-state index is 0.115. The van der Waals surface area contributed by atoms with Gasteiger partial charge in [-0.25, -0.2) is 4.79 Å². The van der Waals surface area contributed by atoms with Gasteiger partial charge in [0.15, 0.2) is 0 Å². The molecule has 0 N–H and O–H groups in total. The zero-order valence-electron chi connectivity index (χ0n) is 17.9. The van der Waals surface area contributed by atoms with Crippen molar-refractivity contribution in [2.24, 2.45) is 0 Å². The Labute approximate surface area is 167 Å². The van der Waals surface area contributed by atoms with E-state index in [1.54, 1.807) is 4.90 Å². The van der Waals surface area contributed by atoms with Gasteiger partial charge in [-0.15, -0.1) is 0 Å². The lowest BCUT2D eigenvalue weighted by atomic mass is 9.89. The van der Waals surface area contributed by atoms with E-state index in [0.717, 1.165) is 23.4 Å². The molecule has 2 aliphatic rings. The summed E-state index contributed by atoms with van der Waals surface area (Å²) in [7, 11) is 0. The number of ether oxygens (including phenoxy) is 2. The van der Waals surface area contributed by atoms with E-state index >= 15 is 0 Å². The highest BCUT2D eigenvalue weighted by Crippen LogP contribution is 2.42. The van der Waals surface area contributed by atoms with Crippen LogP contribution < -0.4 is 9.64 Å². The van der Waals surface area contributed by atoms with Crippen LogP contribution in [0.3, 0.4) is 0 Å². The number of carbonyl (C=O) groups is 2. The molecule has 154 valence electrons. The number of hydrogen-bond acceptors (Lipinski definition) is 4. The van der Waals surface area contributed by atoms with Crippen molar-refractivity contribution in [2.45, 2.75) is 65.9 Å². The molecule has 0 aromatic heterocycles. The topological polar surface area (TPSA) is 59.1 Å². The molecule has 2 aliphatic heterocycles. The molecule has 0 radical (unpaired) electrons. The van der Waals surface area contributed by atoms with Crippen molar-refractivity contribution in [2.75, 3.05) is 31.1 Å². The quantitative estimate of drug-likeness (QED) is 0.729. The second kappa shape index (κ2) is 7.64. The number of nitrogens with zero attached hydrogens (tertiary/aromatic N) is 2. The molecule has 3 rings (SSSR count). The van der Waals surface area contributed by atoms with E-state index in [0.29, 0.717) is 32.7 Å². The number of anilines is 1. The lowest BCUT2D eigenvalue weighted by Crippen LogP contribution is -2.39. The maximum Gasteiger partial charge on any atom is 0.410 e. The van der Waals surface area contributed by atoms with Crippen molar-refractivity contribution >= 4 is 17.7 Å². The van der Waals surface area contributed by atoms with E-state index in [-0.39, 0.29) is 17.9 Å². The van der Waals surface area contributed by atoms with E-state index in [2.05, 4.69) is 19.9 Å². The first-order valence-electron chi connectivity index (χ1n) is 10.2. The number of benzene rings is 1. The second-order valence-corrected chi connectivity index (χ2v) is 8.75. The van der Waals surface area contributed by atoms with Crippen molar-refractivity contribution in [3.8, 4) is 5.75 Å². The Kier molecular flexibility index (Phi) is 5.60. The standard InChI is InChI=1S/C22H32N2O4/c1-7-18(25)24-10-11-27-17-12-16-8-9-23(21(26)28-22(4,5)6)13-14(2)19(16)15(3)20(17)24/h12,14H,7-11,13H2,1-6H3. The Morgan fingerprint density at radius 2 is 2.00 bits per heavy atom. The molecule has 1 aromatic carbocycles. The lowest BCUT2D eigenvalue weighted by molar-refractivity contribution is -0.118. The molecule has 6 nitrogen and oxygen atoms in total. The van der Waals surface area contributed by atoms with Gasteiger partial charge >= 0.3 is 6.09 Å². The van der Waals surface area contributed by atoms with E-state index in [1.807, 2.05) is 32.6 Å². The number of rotatable bonds is 1. The Bertz CT molecular complexity index is 782. The first-order chi connectivity index (χ1) is 13.1. The minimum atomic E-state index is -0.511.